The minimum absolute atomic E-state index is 0.0162. The van der Waals surface area contributed by atoms with Gasteiger partial charge in [-0.05, 0) is 87.4 Å². The molecule has 5 N–H and O–H groups in total. The number of fused-ring (bicyclic) bond motifs is 2. The van der Waals surface area contributed by atoms with Crippen LogP contribution in [0.5, 0.6) is 0 Å². The number of carbonyl (C=O) groups excluding carboxylic acids is 1. The number of benzene rings is 2. The third-order valence-corrected chi connectivity index (χ3v) is 14.1. The smallest absolute Gasteiger partial charge is 0.305 e. The Labute approximate surface area is 375 Å². The van der Waals surface area contributed by atoms with Gasteiger partial charge in [-0.25, -0.2) is 0 Å². The van der Waals surface area contributed by atoms with E-state index in [1.807, 2.05) is 23.7 Å². The number of unbranched alkanes of at least 4 members (excludes halogenated alkanes) is 6. The van der Waals surface area contributed by atoms with Crippen LogP contribution in [-0.2, 0) is 54.9 Å². The first-order valence-electron chi connectivity index (χ1n) is 21.2. The van der Waals surface area contributed by atoms with E-state index < -0.39 is 53.5 Å². The van der Waals surface area contributed by atoms with Crippen LogP contribution in [0, 0.1) is 0 Å². The van der Waals surface area contributed by atoms with Crippen LogP contribution in [0.15, 0.2) is 82.3 Å². The maximum atomic E-state index is 12.3. The van der Waals surface area contributed by atoms with E-state index in [0.717, 1.165) is 11.4 Å². The molecule has 2 unspecified atom stereocenters. The summed E-state index contributed by atoms with van der Waals surface area (Å²) in [4.78, 5) is 35.6. The van der Waals surface area contributed by atoms with Crippen LogP contribution in [0.4, 0.5) is 11.4 Å². The molecule has 4 rings (SSSR count). The summed E-state index contributed by atoms with van der Waals surface area (Å²) >= 11 is 0. The standard InChI is InChI=1S/C44H58N2O15S3/c1-44(26-13-5-10-19-41(47)48)36-31-33(64(58,59)60)23-25-39(36)46(28-15-29-62(52,53)54)40(44)18-9-4-8-17-37-34(16-7-3-12-21-43(51)61-2)35-30-32(63(55,56)57)22-24-38(35)45(37)27-14-6-11-20-42(49)50/h4,8-9,17-18,22-25,30-31,34H,3,5-7,10-16,19-21,26-29H2,1-2H3,(H4-,47,48,49,50,52,53,54,55,56,57,58,59,60)/p+1. The van der Waals surface area contributed by atoms with E-state index in [-0.39, 0.29) is 53.9 Å². The van der Waals surface area contributed by atoms with Crippen LogP contribution in [0.1, 0.15) is 120 Å². The normalized spacial score (nSPS) is 18.4. The Morgan fingerprint density at radius 1 is 0.750 bits per heavy atom. The van der Waals surface area contributed by atoms with Gasteiger partial charge >= 0.3 is 17.9 Å². The quantitative estimate of drug-likeness (QED) is 0.0194. The minimum Gasteiger partial charge on any atom is -0.481 e. The molecule has 0 saturated carbocycles. The van der Waals surface area contributed by atoms with Crippen LogP contribution in [0.3, 0.4) is 0 Å². The van der Waals surface area contributed by atoms with Crippen molar-refractivity contribution in [2.24, 2.45) is 0 Å². The van der Waals surface area contributed by atoms with Crippen molar-refractivity contribution >= 4 is 65.3 Å². The van der Waals surface area contributed by atoms with Gasteiger partial charge in [0.2, 0.25) is 5.69 Å². The number of nitrogens with zero attached hydrogens (tertiary/aromatic N) is 2. The Morgan fingerprint density at radius 3 is 1.98 bits per heavy atom. The number of carboxylic acid groups (broad SMARTS) is 2. The second-order valence-electron chi connectivity index (χ2n) is 16.2. The summed E-state index contributed by atoms with van der Waals surface area (Å²) in [5, 5.41) is 18.3. The molecule has 0 radical (unpaired) electrons. The molecule has 2 aromatic carbocycles. The molecule has 2 aromatic rings. The van der Waals surface area contributed by atoms with Crippen molar-refractivity contribution in [2.75, 3.05) is 30.9 Å². The van der Waals surface area contributed by atoms with Crippen LogP contribution in [0.2, 0.25) is 0 Å². The van der Waals surface area contributed by atoms with Gasteiger partial charge in [0, 0.05) is 67.2 Å². The average molecular weight is 952 g/mol. The third-order valence-electron chi connectivity index (χ3n) is 11.6. The zero-order valence-corrected chi connectivity index (χ0v) is 38.5. The predicted octanol–water partition coefficient (Wildman–Crippen LogP) is 7.22. The molecule has 0 aliphatic carbocycles. The maximum absolute atomic E-state index is 12.3. The highest BCUT2D eigenvalue weighted by Gasteiger charge is 2.47. The van der Waals surface area contributed by atoms with Gasteiger partial charge in [-0.2, -0.15) is 29.8 Å². The number of allylic oxidation sites excluding steroid dienone is 6. The lowest BCUT2D eigenvalue weighted by Crippen LogP contribution is -2.31. The van der Waals surface area contributed by atoms with Crippen molar-refractivity contribution in [3.05, 3.63) is 83.6 Å². The van der Waals surface area contributed by atoms with Crippen LogP contribution >= 0.6 is 0 Å². The lowest BCUT2D eigenvalue weighted by atomic mass is 9.75. The number of esters is 1. The molecule has 64 heavy (non-hydrogen) atoms. The van der Waals surface area contributed by atoms with Gasteiger partial charge in [-0.1, -0.05) is 50.3 Å². The van der Waals surface area contributed by atoms with E-state index in [4.69, 9.17) is 9.84 Å². The van der Waals surface area contributed by atoms with Crippen molar-refractivity contribution in [3.8, 4) is 0 Å². The minimum atomic E-state index is -4.61. The third kappa shape index (κ3) is 14.6. The Kier molecular flexibility index (Phi) is 18.6. The molecular weight excluding hydrogens is 893 g/mol. The molecule has 0 amide bonds. The van der Waals surface area contributed by atoms with Crippen LogP contribution in [0.25, 0.3) is 0 Å². The summed E-state index contributed by atoms with van der Waals surface area (Å²) in [5.74, 6) is -3.00. The van der Waals surface area contributed by atoms with Crippen LogP contribution < -0.4 is 4.90 Å². The van der Waals surface area contributed by atoms with E-state index in [1.165, 1.54) is 37.4 Å². The van der Waals surface area contributed by atoms with Gasteiger partial charge in [0.1, 0.15) is 6.54 Å². The zero-order chi connectivity index (χ0) is 47.3. The Bertz CT molecular complexity index is 2490. The molecule has 2 heterocycles. The fraction of sp³-hybridized carbons (Fsp3) is 0.500. The van der Waals surface area contributed by atoms with E-state index in [9.17, 15) is 58.4 Å². The summed E-state index contributed by atoms with van der Waals surface area (Å²) < 4.78 is 109. The van der Waals surface area contributed by atoms with Gasteiger partial charge in [-0.15, -0.1) is 0 Å². The second kappa shape index (κ2) is 22.9. The van der Waals surface area contributed by atoms with E-state index in [0.29, 0.717) is 99.7 Å². The number of carboxylic acids is 2. The molecule has 0 spiro atoms. The number of ether oxygens (including phenoxy) is 1. The number of hydrogen-bond donors (Lipinski definition) is 5. The molecule has 0 saturated heterocycles. The monoisotopic (exact) mass is 951 g/mol. The average Bonchev–Trinajstić information content (AvgIpc) is 3.62. The molecule has 17 nitrogen and oxygen atoms in total. The Hall–Kier alpha value is -4.73. The number of rotatable bonds is 27. The highest BCUT2D eigenvalue weighted by atomic mass is 32.2. The van der Waals surface area contributed by atoms with Crippen LogP contribution in [-0.4, -0.2) is 103 Å². The molecule has 2 atom stereocenters. The molecular formula is C44H59N2O15S3+. The Balaban J connectivity index is 1.77. The number of hydrogen-bond acceptors (Lipinski definition) is 11. The number of carbonyl (C=O) groups is 3. The van der Waals surface area contributed by atoms with Crippen molar-refractivity contribution in [1.29, 1.82) is 0 Å². The van der Waals surface area contributed by atoms with Crippen molar-refractivity contribution in [3.63, 3.8) is 0 Å². The predicted molar refractivity (Wildman–Crippen MR) is 239 cm³/mol. The van der Waals surface area contributed by atoms with Crippen molar-refractivity contribution in [2.45, 2.75) is 124 Å². The first-order chi connectivity index (χ1) is 30.1. The highest BCUT2D eigenvalue weighted by Crippen LogP contribution is 2.48. The van der Waals surface area contributed by atoms with E-state index in [2.05, 4.69) is 4.90 Å². The van der Waals surface area contributed by atoms with Crippen molar-refractivity contribution in [1.82, 2.24) is 0 Å². The summed E-state index contributed by atoms with van der Waals surface area (Å²) in [6.07, 6.45) is 15.5. The Morgan fingerprint density at radius 2 is 1.36 bits per heavy atom. The lowest BCUT2D eigenvalue weighted by molar-refractivity contribution is -0.437. The fourth-order valence-electron chi connectivity index (χ4n) is 8.48. The molecule has 352 valence electrons. The van der Waals surface area contributed by atoms with Gasteiger partial charge in [0.25, 0.3) is 30.4 Å². The largest absolute Gasteiger partial charge is 0.481 e. The molecule has 0 aromatic heterocycles. The summed E-state index contributed by atoms with van der Waals surface area (Å²) in [5.41, 5.74) is 3.15. The first kappa shape index (κ1) is 51.9. The molecule has 2 aliphatic rings. The van der Waals surface area contributed by atoms with Gasteiger partial charge in [0.15, 0.2) is 5.71 Å². The second-order valence-corrected chi connectivity index (χ2v) is 20.6. The van der Waals surface area contributed by atoms with Gasteiger partial charge < -0.3 is 19.8 Å². The maximum Gasteiger partial charge on any atom is 0.305 e. The number of methoxy groups -OCH3 is 1. The van der Waals surface area contributed by atoms with Gasteiger partial charge in [-0.3, -0.25) is 28.0 Å². The molecule has 0 bridgehead atoms. The number of anilines is 1. The zero-order valence-electron chi connectivity index (χ0n) is 36.1. The van der Waals surface area contributed by atoms with E-state index in [1.54, 1.807) is 24.3 Å². The lowest BCUT2D eigenvalue weighted by Gasteiger charge is -2.23. The fourth-order valence-corrected chi connectivity index (χ4v) is 10.00. The highest BCUT2D eigenvalue weighted by molar-refractivity contribution is 7.86. The summed E-state index contributed by atoms with van der Waals surface area (Å²) in [6.45, 7) is 2.50. The molecule has 2 aliphatic heterocycles. The summed E-state index contributed by atoms with van der Waals surface area (Å²) in [7, 11) is -12.1. The molecule has 20 heteroatoms. The van der Waals surface area contributed by atoms with E-state index >= 15 is 0 Å². The molecule has 0 fully saturated rings. The van der Waals surface area contributed by atoms with Crippen molar-refractivity contribution < 1.29 is 72.8 Å². The van der Waals surface area contributed by atoms with Gasteiger partial charge in [0.05, 0.1) is 28.1 Å². The SMILES string of the molecule is COC(=O)CCCCCC1/C(=C/C=C/C=C/C2=[N+](CCCS(=O)(=O)O)c3ccc(S(=O)(=O)O)cc3C2(C)CCCCCC(=O)O)N(CCCCCC(=O)O)c2ccc(S(=O)(=O)O)cc21. The topological polar surface area (TPSA) is 270 Å². The summed E-state index contributed by atoms with van der Waals surface area (Å²) in [6, 6.07) is 8.61. The number of aliphatic carboxylic acids is 2. The first-order valence-corrected chi connectivity index (χ1v) is 25.7.